The highest BCUT2D eigenvalue weighted by atomic mass is 35.5. The summed E-state index contributed by atoms with van der Waals surface area (Å²) in [6, 6.07) is 8.19. The van der Waals surface area contributed by atoms with Crippen molar-refractivity contribution in [2.75, 3.05) is 4.90 Å². The summed E-state index contributed by atoms with van der Waals surface area (Å²) in [5.41, 5.74) is 0.889. The maximum absolute atomic E-state index is 13.7. The van der Waals surface area contributed by atoms with E-state index >= 15 is 0 Å². The van der Waals surface area contributed by atoms with Crippen LogP contribution in [-0.4, -0.2) is 26.8 Å². The molecular weight excluding hydrogens is 381 g/mol. The highest BCUT2D eigenvalue weighted by Gasteiger charge is 2.46. The maximum Gasteiger partial charge on any atom is 0.408 e. The van der Waals surface area contributed by atoms with E-state index in [9.17, 15) is 18.0 Å². The largest absolute Gasteiger partial charge is 0.408 e. The average Bonchev–Trinajstić information content (AvgIpc) is 2.61. The third-order valence-corrected chi connectivity index (χ3v) is 4.86. The summed E-state index contributed by atoms with van der Waals surface area (Å²) < 4.78 is 42.3. The molecule has 140 valence electrons. The van der Waals surface area contributed by atoms with E-state index in [4.69, 9.17) is 11.6 Å². The Morgan fingerprint density at radius 3 is 2.81 bits per heavy atom. The Balaban J connectivity index is 1.86. The van der Waals surface area contributed by atoms with Crippen molar-refractivity contribution in [2.24, 2.45) is 0 Å². The number of pyridine rings is 1. The van der Waals surface area contributed by atoms with Gasteiger partial charge in [0.25, 0.3) is 5.56 Å². The van der Waals surface area contributed by atoms with Gasteiger partial charge in [0.15, 0.2) is 0 Å². The molecule has 3 aromatic rings. The van der Waals surface area contributed by atoms with E-state index in [1.165, 1.54) is 4.57 Å². The number of rotatable bonds is 2. The zero-order chi connectivity index (χ0) is 19.2. The molecule has 9 heteroatoms. The number of alkyl halides is 3. The SMILES string of the molecule is O=c1cc(Cl)nc2n1CC[C@@H](C(F)(F)F)N2Cc1cccc2ncccc12. The summed E-state index contributed by atoms with van der Waals surface area (Å²) >= 11 is 5.86. The first-order valence-corrected chi connectivity index (χ1v) is 8.66. The number of hydrogen-bond acceptors (Lipinski definition) is 4. The highest BCUT2D eigenvalue weighted by Crippen LogP contribution is 2.35. The minimum atomic E-state index is -4.46. The van der Waals surface area contributed by atoms with E-state index in [-0.39, 0.29) is 30.6 Å². The van der Waals surface area contributed by atoms with Gasteiger partial charge >= 0.3 is 6.18 Å². The average molecular weight is 395 g/mol. The van der Waals surface area contributed by atoms with E-state index in [0.29, 0.717) is 11.1 Å². The van der Waals surface area contributed by atoms with Crippen molar-refractivity contribution >= 4 is 28.5 Å². The molecule has 4 rings (SSSR count). The summed E-state index contributed by atoms with van der Waals surface area (Å²) in [6.45, 7) is -0.129. The van der Waals surface area contributed by atoms with Crippen molar-refractivity contribution in [3.8, 4) is 0 Å². The number of fused-ring (bicyclic) bond motifs is 2. The Kier molecular flexibility index (Phi) is 4.30. The van der Waals surface area contributed by atoms with Crippen molar-refractivity contribution in [1.82, 2.24) is 14.5 Å². The molecule has 0 amide bonds. The van der Waals surface area contributed by atoms with Crippen LogP contribution in [-0.2, 0) is 13.1 Å². The second kappa shape index (κ2) is 6.53. The number of aromatic nitrogens is 3. The van der Waals surface area contributed by atoms with Gasteiger partial charge in [-0.25, -0.2) is 4.98 Å². The molecule has 1 aliphatic rings. The second-order valence-electron chi connectivity index (χ2n) is 6.33. The molecule has 1 aromatic carbocycles. The van der Waals surface area contributed by atoms with Crippen LogP contribution in [0.4, 0.5) is 19.1 Å². The van der Waals surface area contributed by atoms with Crippen molar-refractivity contribution < 1.29 is 13.2 Å². The van der Waals surface area contributed by atoms with Crippen molar-refractivity contribution in [3.63, 3.8) is 0 Å². The van der Waals surface area contributed by atoms with Gasteiger partial charge in [-0.1, -0.05) is 29.8 Å². The Hall–Kier alpha value is -2.61. The van der Waals surface area contributed by atoms with Gasteiger partial charge in [0.1, 0.15) is 11.2 Å². The van der Waals surface area contributed by atoms with E-state index in [1.807, 2.05) is 6.07 Å². The van der Waals surface area contributed by atoms with E-state index in [2.05, 4.69) is 9.97 Å². The normalized spacial score (nSPS) is 17.2. The Bertz CT molecular complexity index is 1060. The minimum Gasteiger partial charge on any atom is -0.326 e. The predicted molar refractivity (Wildman–Crippen MR) is 95.9 cm³/mol. The van der Waals surface area contributed by atoms with Crippen molar-refractivity contribution in [3.05, 3.63) is 63.7 Å². The molecule has 27 heavy (non-hydrogen) atoms. The molecule has 5 nitrogen and oxygen atoms in total. The summed E-state index contributed by atoms with van der Waals surface area (Å²) in [4.78, 5) is 21.6. The van der Waals surface area contributed by atoms with E-state index in [1.54, 1.807) is 30.5 Å². The maximum atomic E-state index is 13.7. The summed E-state index contributed by atoms with van der Waals surface area (Å²) in [6.07, 6.45) is -3.07. The zero-order valence-corrected chi connectivity index (χ0v) is 14.7. The zero-order valence-electron chi connectivity index (χ0n) is 13.9. The molecule has 0 N–H and O–H groups in total. The van der Waals surface area contributed by atoms with E-state index in [0.717, 1.165) is 16.4 Å². The first-order chi connectivity index (χ1) is 12.8. The molecule has 0 fully saturated rings. The summed E-state index contributed by atoms with van der Waals surface area (Å²) in [5.74, 6) is -0.0676. The molecule has 0 saturated carbocycles. The van der Waals surface area contributed by atoms with Crippen LogP contribution in [0.3, 0.4) is 0 Å². The van der Waals surface area contributed by atoms with Crippen LogP contribution in [0.25, 0.3) is 10.9 Å². The Morgan fingerprint density at radius 1 is 1.22 bits per heavy atom. The lowest BCUT2D eigenvalue weighted by molar-refractivity contribution is -0.153. The minimum absolute atomic E-state index is 0.0594. The fourth-order valence-corrected chi connectivity index (χ4v) is 3.62. The van der Waals surface area contributed by atoms with Gasteiger partial charge in [0.05, 0.1) is 5.52 Å². The molecule has 0 bridgehead atoms. The monoisotopic (exact) mass is 394 g/mol. The number of nitrogens with zero attached hydrogens (tertiary/aromatic N) is 4. The van der Waals surface area contributed by atoms with Crippen LogP contribution in [0.2, 0.25) is 5.15 Å². The van der Waals surface area contributed by atoms with E-state index < -0.39 is 17.8 Å². The molecule has 1 atom stereocenters. The smallest absolute Gasteiger partial charge is 0.326 e. The third-order valence-electron chi connectivity index (χ3n) is 4.67. The fourth-order valence-electron chi connectivity index (χ4n) is 3.45. The topological polar surface area (TPSA) is 51.0 Å². The lowest BCUT2D eigenvalue weighted by atomic mass is 10.0. The molecule has 0 saturated heterocycles. The van der Waals surface area contributed by atoms with Gasteiger partial charge in [-0.2, -0.15) is 13.2 Å². The summed E-state index contributed by atoms with van der Waals surface area (Å²) in [7, 11) is 0. The molecular formula is C18H14ClF3N4O. The molecule has 1 aliphatic heterocycles. The third kappa shape index (κ3) is 3.25. The lowest BCUT2D eigenvalue weighted by Gasteiger charge is -2.39. The van der Waals surface area contributed by atoms with Crippen LogP contribution in [0.15, 0.2) is 47.4 Å². The van der Waals surface area contributed by atoms with Crippen LogP contribution in [0, 0.1) is 0 Å². The molecule has 0 unspecified atom stereocenters. The van der Waals surface area contributed by atoms with Gasteiger partial charge in [0.2, 0.25) is 5.95 Å². The van der Waals surface area contributed by atoms with Crippen LogP contribution in [0.1, 0.15) is 12.0 Å². The molecule has 0 radical (unpaired) electrons. The Morgan fingerprint density at radius 2 is 2.04 bits per heavy atom. The number of hydrogen-bond donors (Lipinski definition) is 0. The predicted octanol–water partition coefficient (Wildman–Crippen LogP) is 3.79. The van der Waals surface area contributed by atoms with Gasteiger partial charge in [-0.05, 0) is 24.1 Å². The highest BCUT2D eigenvalue weighted by molar-refractivity contribution is 6.29. The first-order valence-electron chi connectivity index (χ1n) is 8.28. The standard InChI is InChI=1S/C18H14ClF3N4O/c19-15-9-16(27)25-8-6-14(18(20,21)22)26(17(25)24-15)10-11-3-1-5-13-12(11)4-2-7-23-13/h1-5,7,9,14H,6,8,10H2/t14-/m0/s1. The second-order valence-corrected chi connectivity index (χ2v) is 6.72. The van der Waals surface area contributed by atoms with Gasteiger partial charge in [-0.3, -0.25) is 14.3 Å². The number of benzene rings is 1. The molecule has 0 spiro atoms. The van der Waals surface area contributed by atoms with Gasteiger partial charge in [-0.15, -0.1) is 0 Å². The lowest BCUT2D eigenvalue weighted by Crippen LogP contribution is -2.52. The van der Waals surface area contributed by atoms with Gasteiger partial charge < -0.3 is 4.90 Å². The molecule has 3 heterocycles. The summed E-state index contributed by atoms with van der Waals surface area (Å²) in [5, 5.41) is 0.626. The molecule has 0 aliphatic carbocycles. The van der Waals surface area contributed by atoms with Crippen molar-refractivity contribution in [2.45, 2.75) is 31.7 Å². The van der Waals surface area contributed by atoms with Gasteiger partial charge in [0, 0.05) is 30.7 Å². The molecule has 2 aromatic heterocycles. The number of halogens is 4. The van der Waals surface area contributed by atoms with Crippen LogP contribution < -0.4 is 10.5 Å². The van der Waals surface area contributed by atoms with Crippen LogP contribution >= 0.6 is 11.6 Å². The van der Waals surface area contributed by atoms with Crippen LogP contribution in [0.5, 0.6) is 0 Å². The first kappa shape index (κ1) is 17.8. The Labute approximate surface area is 157 Å². The fraction of sp³-hybridized carbons (Fsp3) is 0.278. The van der Waals surface area contributed by atoms with Crippen molar-refractivity contribution in [1.29, 1.82) is 0 Å². The number of anilines is 1. The quantitative estimate of drug-likeness (QED) is 0.621.